The molecule has 0 spiro atoms. The number of amides is 1. The molecule has 3 N–H and O–H groups in total. The van der Waals surface area contributed by atoms with Crippen LogP contribution in [0.1, 0.15) is 27.7 Å². The molecule has 4 nitrogen and oxygen atoms in total. The predicted molar refractivity (Wildman–Crippen MR) is 75.9 cm³/mol. The van der Waals surface area contributed by atoms with Gasteiger partial charge in [0.15, 0.2) is 0 Å². The fourth-order valence-electron chi connectivity index (χ4n) is 1.56. The average Bonchev–Trinajstić information content (AvgIpc) is 2.11. The summed E-state index contributed by atoms with van der Waals surface area (Å²) in [5.41, 5.74) is 4.78. The van der Waals surface area contributed by atoms with Crippen LogP contribution in [0.2, 0.25) is 0 Å². The van der Waals surface area contributed by atoms with E-state index in [-0.39, 0.29) is 16.3 Å². The Kier molecular flexibility index (Phi) is 5.55. The molecule has 0 bridgehead atoms. The van der Waals surface area contributed by atoms with Crippen molar-refractivity contribution in [2.24, 2.45) is 16.6 Å². The molecule has 17 heavy (non-hydrogen) atoms. The van der Waals surface area contributed by atoms with Crippen LogP contribution in [0.15, 0.2) is 0 Å². The molecular weight excluding hydrogens is 234 g/mol. The molecule has 5 heteroatoms. The van der Waals surface area contributed by atoms with Gasteiger partial charge in [0.2, 0.25) is 5.91 Å². The lowest BCUT2D eigenvalue weighted by molar-refractivity contribution is -0.126. The molecule has 0 rings (SSSR count). The van der Waals surface area contributed by atoms with E-state index in [1.165, 1.54) is 0 Å². The van der Waals surface area contributed by atoms with Crippen LogP contribution in [-0.2, 0) is 4.79 Å². The van der Waals surface area contributed by atoms with Gasteiger partial charge in [-0.05, 0) is 33.4 Å². The van der Waals surface area contributed by atoms with Crippen LogP contribution in [-0.4, -0.2) is 43.0 Å². The molecule has 0 heterocycles. The summed E-state index contributed by atoms with van der Waals surface area (Å²) in [5.74, 6) is -0.114. The van der Waals surface area contributed by atoms with Gasteiger partial charge >= 0.3 is 0 Å². The highest BCUT2D eigenvalue weighted by Gasteiger charge is 2.32. The number of nitrogens with two attached hydrogens (primary N) is 1. The number of nitrogens with one attached hydrogen (secondary N) is 1. The minimum Gasteiger partial charge on any atom is -0.392 e. The van der Waals surface area contributed by atoms with Crippen LogP contribution in [0.3, 0.4) is 0 Å². The Labute approximate surface area is 110 Å². The lowest BCUT2D eigenvalue weighted by atomic mass is 9.89. The molecule has 1 amide bonds. The van der Waals surface area contributed by atoms with Crippen molar-refractivity contribution in [1.82, 2.24) is 10.2 Å². The highest BCUT2D eigenvalue weighted by atomic mass is 32.1. The first kappa shape index (κ1) is 16.3. The molecular formula is C12H25N3OS. The van der Waals surface area contributed by atoms with E-state index in [0.29, 0.717) is 6.54 Å². The zero-order valence-corrected chi connectivity index (χ0v) is 12.6. The summed E-state index contributed by atoms with van der Waals surface area (Å²) < 4.78 is 0. The van der Waals surface area contributed by atoms with E-state index in [2.05, 4.69) is 24.1 Å². The van der Waals surface area contributed by atoms with E-state index in [9.17, 15) is 4.79 Å². The first-order valence-electron chi connectivity index (χ1n) is 5.72. The molecule has 0 aliphatic heterocycles. The van der Waals surface area contributed by atoms with Crippen molar-refractivity contribution < 1.29 is 4.79 Å². The first-order valence-corrected chi connectivity index (χ1v) is 6.13. The van der Waals surface area contributed by atoms with Gasteiger partial charge < -0.3 is 16.0 Å². The Morgan fingerprint density at radius 3 is 2.12 bits per heavy atom. The third kappa shape index (κ3) is 5.46. The Morgan fingerprint density at radius 1 is 1.29 bits per heavy atom. The van der Waals surface area contributed by atoms with Crippen molar-refractivity contribution in [3.63, 3.8) is 0 Å². The van der Waals surface area contributed by atoms with Gasteiger partial charge in [-0.1, -0.05) is 26.1 Å². The van der Waals surface area contributed by atoms with E-state index in [0.717, 1.165) is 6.54 Å². The van der Waals surface area contributed by atoms with Gasteiger partial charge in [-0.3, -0.25) is 4.79 Å². The van der Waals surface area contributed by atoms with Crippen LogP contribution < -0.4 is 11.1 Å². The second kappa shape index (κ2) is 5.78. The summed E-state index contributed by atoms with van der Waals surface area (Å²) in [7, 11) is 4.03. The van der Waals surface area contributed by atoms with E-state index in [1.54, 1.807) is 13.8 Å². The number of carbonyl (C=O) groups excluding carboxylic acids is 1. The van der Waals surface area contributed by atoms with Gasteiger partial charge in [-0.2, -0.15) is 0 Å². The zero-order chi connectivity index (χ0) is 13.9. The third-order valence-corrected chi connectivity index (χ3v) is 3.17. The summed E-state index contributed by atoms with van der Waals surface area (Å²) in [4.78, 5) is 14.3. The fourth-order valence-corrected chi connectivity index (χ4v) is 1.66. The van der Waals surface area contributed by atoms with Crippen molar-refractivity contribution in [3.05, 3.63) is 0 Å². The van der Waals surface area contributed by atoms with E-state index in [4.69, 9.17) is 18.0 Å². The Morgan fingerprint density at radius 2 is 1.76 bits per heavy atom. The maximum absolute atomic E-state index is 11.9. The largest absolute Gasteiger partial charge is 0.392 e. The van der Waals surface area contributed by atoms with Crippen LogP contribution in [0.25, 0.3) is 0 Å². The minimum atomic E-state index is -0.788. The number of nitrogens with zero attached hydrogens (tertiary/aromatic N) is 1. The normalized spacial score (nSPS) is 12.6. The topological polar surface area (TPSA) is 58.4 Å². The lowest BCUT2D eigenvalue weighted by Crippen LogP contribution is -2.48. The van der Waals surface area contributed by atoms with E-state index in [1.807, 2.05) is 14.1 Å². The quantitative estimate of drug-likeness (QED) is 0.699. The third-order valence-electron chi connectivity index (χ3n) is 2.66. The monoisotopic (exact) mass is 259 g/mol. The molecule has 0 unspecified atom stereocenters. The number of hydrogen-bond acceptors (Lipinski definition) is 3. The smallest absolute Gasteiger partial charge is 0.232 e. The number of carbonyl (C=O) groups is 1. The Bertz CT molecular complexity index is 298. The average molecular weight is 259 g/mol. The summed E-state index contributed by atoms with van der Waals surface area (Å²) in [6.07, 6.45) is 0. The SMILES string of the molecule is CN(C)CC(C)(C)CNC(=O)C(C)(C)C(N)=S. The first-order chi connectivity index (χ1) is 7.49. The van der Waals surface area contributed by atoms with Gasteiger partial charge in [-0.15, -0.1) is 0 Å². The molecule has 0 atom stereocenters. The van der Waals surface area contributed by atoms with Crippen molar-refractivity contribution in [2.45, 2.75) is 27.7 Å². The van der Waals surface area contributed by atoms with Crippen LogP contribution in [0, 0.1) is 10.8 Å². The highest BCUT2D eigenvalue weighted by Crippen LogP contribution is 2.18. The van der Waals surface area contributed by atoms with Crippen LogP contribution in [0.5, 0.6) is 0 Å². The molecule has 0 aromatic heterocycles. The van der Waals surface area contributed by atoms with Gasteiger partial charge in [0, 0.05) is 13.1 Å². The molecule has 0 aliphatic carbocycles. The summed E-state index contributed by atoms with van der Waals surface area (Å²) in [6.45, 7) is 9.21. The molecule has 0 aromatic rings. The van der Waals surface area contributed by atoms with Gasteiger partial charge in [0.25, 0.3) is 0 Å². The number of thiocarbonyl (C=S) groups is 1. The summed E-state index contributed by atoms with van der Waals surface area (Å²) >= 11 is 4.89. The van der Waals surface area contributed by atoms with E-state index >= 15 is 0 Å². The van der Waals surface area contributed by atoms with Gasteiger partial charge in [-0.25, -0.2) is 0 Å². The molecule has 0 fully saturated rings. The lowest BCUT2D eigenvalue weighted by Gasteiger charge is -2.30. The van der Waals surface area contributed by atoms with Crippen LogP contribution >= 0.6 is 12.2 Å². The maximum Gasteiger partial charge on any atom is 0.232 e. The molecule has 100 valence electrons. The van der Waals surface area contributed by atoms with Crippen molar-refractivity contribution >= 4 is 23.1 Å². The maximum atomic E-state index is 11.9. The standard InChI is InChI=1S/C12H25N3OS/c1-11(2,8-15(5)6)7-14-10(16)12(3,4)9(13)17/h7-8H2,1-6H3,(H2,13,17)(H,14,16). The summed E-state index contributed by atoms with van der Waals surface area (Å²) in [6, 6.07) is 0. The van der Waals surface area contributed by atoms with Gasteiger partial charge in [0.05, 0.1) is 10.4 Å². The second-order valence-electron chi connectivity index (χ2n) is 6.07. The second-order valence-corrected chi connectivity index (χ2v) is 6.51. The minimum absolute atomic E-state index is 0.0193. The van der Waals surface area contributed by atoms with Crippen molar-refractivity contribution in [3.8, 4) is 0 Å². The van der Waals surface area contributed by atoms with Crippen molar-refractivity contribution in [2.75, 3.05) is 27.2 Å². The van der Waals surface area contributed by atoms with Crippen LogP contribution in [0.4, 0.5) is 0 Å². The molecule has 0 aliphatic rings. The predicted octanol–water partition coefficient (Wildman–Crippen LogP) is 1.00. The molecule has 0 saturated heterocycles. The number of hydrogen-bond donors (Lipinski definition) is 2. The van der Waals surface area contributed by atoms with Crippen molar-refractivity contribution in [1.29, 1.82) is 0 Å². The number of rotatable bonds is 6. The summed E-state index contributed by atoms with van der Waals surface area (Å²) in [5, 5.41) is 2.92. The van der Waals surface area contributed by atoms with Gasteiger partial charge in [0.1, 0.15) is 0 Å². The molecule has 0 saturated carbocycles. The highest BCUT2D eigenvalue weighted by molar-refractivity contribution is 7.80. The Balaban J connectivity index is 4.39. The zero-order valence-electron chi connectivity index (χ0n) is 11.8. The van der Waals surface area contributed by atoms with E-state index < -0.39 is 5.41 Å². The fraction of sp³-hybridized carbons (Fsp3) is 0.833. The molecule has 0 aromatic carbocycles. The Hall–Kier alpha value is -0.680. The molecule has 0 radical (unpaired) electrons.